The van der Waals surface area contributed by atoms with Crippen LogP contribution < -0.4 is 33.2 Å². The number of nitrogens with two attached hydrogens (primary N) is 3. The van der Waals surface area contributed by atoms with Crippen molar-refractivity contribution in [2.24, 2.45) is 28.1 Å². The van der Waals surface area contributed by atoms with Crippen LogP contribution >= 0.6 is 0 Å². The van der Waals surface area contributed by atoms with Crippen LogP contribution in [0.5, 0.6) is 0 Å². The van der Waals surface area contributed by atoms with Gasteiger partial charge >= 0.3 is 0 Å². The van der Waals surface area contributed by atoms with Crippen molar-refractivity contribution >= 4 is 30.0 Å². The van der Waals surface area contributed by atoms with Crippen molar-refractivity contribution in [3.8, 4) is 0 Å². The standard InChI is InChI=1S/C18H35N7O5/c1-4-10(2)14(19)17(30)23-11(3)15(28)25-13(6-5-7-22-18(20)21)16(29)24-12(8-26)9-27/h8,10-14,27H,4-7,9,19H2,1-3H3,(H,23,30)(H,24,29)(H,25,28)(H4,20,21,22)/t10-,11-,12+,13-,14-/m0/s1. The number of aliphatic hydroxyl groups excluding tert-OH is 1. The average molecular weight is 430 g/mol. The number of nitrogens with one attached hydrogen (secondary N) is 3. The third kappa shape index (κ3) is 10.2. The average Bonchev–Trinajstić information content (AvgIpc) is 2.71. The summed E-state index contributed by atoms with van der Waals surface area (Å²) >= 11 is 0. The second kappa shape index (κ2) is 14.3. The second-order valence-corrected chi connectivity index (χ2v) is 7.09. The van der Waals surface area contributed by atoms with Crippen molar-refractivity contribution in [2.75, 3.05) is 13.2 Å². The molecule has 0 bridgehead atoms. The van der Waals surface area contributed by atoms with Gasteiger partial charge in [-0.25, -0.2) is 0 Å². The van der Waals surface area contributed by atoms with E-state index in [2.05, 4.69) is 20.9 Å². The number of rotatable bonds is 14. The van der Waals surface area contributed by atoms with Gasteiger partial charge < -0.3 is 43.1 Å². The van der Waals surface area contributed by atoms with Gasteiger partial charge in [-0.3, -0.25) is 19.4 Å². The Morgan fingerprint density at radius 2 is 1.70 bits per heavy atom. The fraction of sp³-hybridized carbons (Fsp3) is 0.722. The molecule has 0 aliphatic heterocycles. The quantitative estimate of drug-likeness (QED) is 0.0655. The summed E-state index contributed by atoms with van der Waals surface area (Å²) in [5.41, 5.74) is 16.4. The number of guanidine groups is 1. The zero-order chi connectivity index (χ0) is 23.3. The molecule has 0 aromatic heterocycles. The van der Waals surface area contributed by atoms with Crippen molar-refractivity contribution in [2.45, 2.75) is 64.2 Å². The van der Waals surface area contributed by atoms with Gasteiger partial charge in [-0.2, -0.15) is 0 Å². The third-order valence-corrected chi connectivity index (χ3v) is 4.58. The molecule has 0 saturated carbocycles. The summed E-state index contributed by atoms with van der Waals surface area (Å²) in [5.74, 6) is -1.90. The topological polar surface area (TPSA) is 215 Å². The van der Waals surface area contributed by atoms with E-state index >= 15 is 0 Å². The molecular weight excluding hydrogens is 394 g/mol. The van der Waals surface area contributed by atoms with Crippen LogP contribution in [0.25, 0.3) is 0 Å². The predicted octanol–water partition coefficient (Wildman–Crippen LogP) is -2.92. The minimum absolute atomic E-state index is 0.0620. The van der Waals surface area contributed by atoms with Crippen LogP contribution in [0.2, 0.25) is 0 Å². The molecule has 0 saturated heterocycles. The predicted molar refractivity (Wildman–Crippen MR) is 112 cm³/mol. The SMILES string of the molecule is CC[C@H](C)[C@H](N)C(=O)N[C@@H](C)C(=O)N[C@@H](CCCN=C(N)N)C(=O)N[C@H](C=O)CO. The summed E-state index contributed by atoms with van der Waals surface area (Å²) in [5, 5.41) is 16.5. The molecule has 0 fully saturated rings. The molecule has 5 atom stereocenters. The summed E-state index contributed by atoms with van der Waals surface area (Å²) in [4.78, 5) is 51.8. The molecule has 0 spiro atoms. The fourth-order valence-corrected chi connectivity index (χ4v) is 2.36. The molecule has 0 radical (unpaired) electrons. The van der Waals surface area contributed by atoms with E-state index in [9.17, 15) is 19.2 Å². The number of amides is 3. The maximum Gasteiger partial charge on any atom is 0.243 e. The first-order chi connectivity index (χ1) is 14.1. The van der Waals surface area contributed by atoms with Crippen molar-refractivity contribution in [1.82, 2.24) is 16.0 Å². The van der Waals surface area contributed by atoms with E-state index in [0.29, 0.717) is 19.1 Å². The van der Waals surface area contributed by atoms with E-state index in [4.69, 9.17) is 22.3 Å². The largest absolute Gasteiger partial charge is 0.394 e. The lowest BCUT2D eigenvalue weighted by molar-refractivity contribution is -0.133. The van der Waals surface area contributed by atoms with Crippen LogP contribution in [-0.2, 0) is 19.2 Å². The Morgan fingerprint density at radius 1 is 1.07 bits per heavy atom. The Morgan fingerprint density at radius 3 is 2.20 bits per heavy atom. The summed E-state index contributed by atoms with van der Waals surface area (Å²) in [6.07, 6.45) is 1.62. The Balaban J connectivity index is 5.05. The Hall–Kier alpha value is -2.73. The van der Waals surface area contributed by atoms with E-state index in [-0.39, 0.29) is 24.8 Å². The Labute approximate surface area is 176 Å². The maximum atomic E-state index is 12.5. The first kappa shape index (κ1) is 27.3. The minimum atomic E-state index is -1.10. The van der Waals surface area contributed by atoms with Crippen LogP contribution in [0.4, 0.5) is 0 Å². The van der Waals surface area contributed by atoms with Crippen molar-refractivity contribution < 1.29 is 24.3 Å². The van der Waals surface area contributed by atoms with E-state index < -0.39 is 48.5 Å². The summed E-state index contributed by atoms with van der Waals surface area (Å²) in [7, 11) is 0. The molecule has 0 rings (SSSR count). The van der Waals surface area contributed by atoms with Crippen molar-refractivity contribution in [3.63, 3.8) is 0 Å². The maximum absolute atomic E-state index is 12.5. The minimum Gasteiger partial charge on any atom is -0.394 e. The monoisotopic (exact) mass is 429 g/mol. The zero-order valence-corrected chi connectivity index (χ0v) is 17.8. The molecule has 10 N–H and O–H groups in total. The fourth-order valence-electron chi connectivity index (χ4n) is 2.36. The molecule has 172 valence electrons. The van der Waals surface area contributed by atoms with Gasteiger partial charge in [0.05, 0.1) is 12.6 Å². The Kier molecular flexibility index (Phi) is 13.0. The molecule has 0 heterocycles. The number of hydrogen-bond acceptors (Lipinski definition) is 7. The van der Waals surface area contributed by atoms with Crippen LogP contribution in [0.15, 0.2) is 4.99 Å². The molecule has 0 aromatic carbocycles. The zero-order valence-electron chi connectivity index (χ0n) is 17.8. The lowest BCUT2D eigenvalue weighted by atomic mass is 9.99. The number of carbonyl (C=O) groups is 4. The van der Waals surface area contributed by atoms with Gasteiger partial charge in [0, 0.05) is 6.54 Å². The van der Waals surface area contributed by atoms with Gasteiger partial charge in [-0.05, 0) is 25.7 Å². The van der Waals surface area contributed by atoms with Gasteiger partial charge in [0.1, 0.15) is 24.4 Å². The number of carbonyl (C=O) groups excluding carboxylic acids is 4. The van der Waals surface area contributed by atoms with E-state index in [1.165, 1.54) is 6.92 Å². The number of aldehydes is 1. The molecule has 12 heteroatoms. The lowest BCUT2D eigenvalue weighted by Gasteiger charge is -2.24. The van der Waals surface area contributed by atoms with Crippen molar-refractivity contribution in [3.05, 3.63) is 0 Å². The number of aliphatic hydroxyl groups is 1. The van der Waals surface area contributed by atoms with E-state index in [0.717, 1.165) is 0 Å². The molecule has 0 aromatic rings. The second-order valence-electron chi connectivity index (χ2n) is 7.09. The summed E-state index contributed by atoms with van der Waals surface area (Å²) in [6, 6.07) is -3.83. The molecular formula is C18H35N7O5. The molecule has 12 nitrogen and oxygen atoms in total. The normalized spacial score (nSPS) is 15.6. The molecule has 0 aliphatic rings. The highest BCUT2D eigenvalue weighted by Gasteiger charge is 2.27. The Bertz CT molecular complexity index is 610. The summed E-state index contributed by atoms with van der Waals surface area (Å²) in [6.45, 7) is 4.85. The van der Waals surface area contributed by atoms with Gasteiger partial charge in [0.2, 0.25) is 17.7 Å². The first-order valence-corrected chi connectivity index (χ1v) is 9.85. The number of aliphatic imine (C=N–C) groups is 1. The van der Waals surface area contributed by atoms with Crippen LogP contribution in [0.3, 0.4) is 0 Å². The summed E-state index contributed by atoms with van der Waals surface area (Å²) < 4.78 is 0. The first-order valence-electron chi connectivity index (χ1n) is 9.85. The highest BCUT2D eigenvalue weighted by Crippen LogP contribution is 2.06. The molecule has 0 aliphatic carbocycles. The van der Waals surface area contributed by atoms with Gasteiger partial charge in [0.15, 0.2) is 5.96 Å². The molecule has 0 unspecified atom stereocenters. The van der Waals surface area contributed by atoms with Crippen LogP contribution in [-0.4, -0.2) is 72.4 Å². The third-order valence-electron chi connectivity index (χ3n) is 4.58. The van der Waals surface area contributed by atoms with Gasteiger partial charge in [-0.15, -0.1) is 0 Å². The van der Waals surface area contributed by atoms with E-state index in [1.54, 1.807) is 0 Å². The molecule has 30 heavy (non-hydrogen) atoms. The van der Waals surface area contributed by atoms with Crippen LogP contribution in [0.1, 0.15) is 40.0 Å². The molecule has 3 amide bonds. The number of hydrogen-bond donors (Lipinski definition) is 7. The van der Waals surface area contributed by atoms with Crippen molar-refractivity contribution in [1.29, 1.82) is 0 Å². The highest BCUT2D eigenvalue weighted by atomic mass is 16.3. The van der Waals surface area contributed by atoms with Gasteiger partial charge in [-0.1, -0.05) is 20.3 Å². The lowest BCUT2D eigenvalue weighted by Crippen LogP contribution is -2.56. The smallest absolute Gasteiger partial charge is 0.243 e. The van der Waals surface area contributed by atoms with E-state index in [1.807, 2.05) is 13.8 Å². The number of nitrogens with zero attached hydrogens (tertiary/aromatic N) is 1. The van der Waals surface area contributed by atoms with Gasteiger partial charge in [0.25, 0.3) is 0 Å². The highest BCUT2D eigenvalue weighted by molar-refractivity contribution is 5.93. The van der Waals surface area contributed by atoms with Crippen LogP contribution in [0, 0.1) is 5.92 Å².